The van der Waals surface area contributed by atoms with E-state index in [-0.39, 0.29) is 15.6 Å². The summed E-state index contributed by atoms with van der Waals surface area (Å²) in [4.78, 5) is 0. The van der Waals surface area contributed by atoms with Crippen LogP contribution in [0.15, 0.2) is 48.5 Å². The predicted molar refractivity (Wildman–Crippen MR) is 94.1 cm³/mol. The number of ether oxygens (including phenoxy) is 1. The molecule has 0 aliphatic carbocycles. The van der Waals surface area contributed by atoms with Crippen LogP contribution >= 0.6 is 0 Å². The standard InChI is InChI=1S/C18H23NO2.2H2O/c1-4-13-21-18-11-9-17(10-12-18)16-7-5-15(6-8-16)14-19(2,3)20;;/h5-12H,4,13-14H2,1-3H3;2*1H2. The van der Waals surface area contributed by atoms with Crippen molar-refractivity contribution in [2.45, 2.75) is 19.9 Å². The molecule has 128 valence electrons. The van der Waals surface area contributed by atoms with Crippen LogP contribution in [-0.4, -0.2) is 36.3 Å². The molecule has 0 amide bonds. The van der Waals surface area contributed by atoms with Crippen LogP contribution in [0.4, 0.5) is 0 Å². The Labute approximate surface area is 137 Å². The Kier molecular flexibility index (Phi) is 8.50. The van der Waals surface area contributed by atoms with Gasteiger partial charge in [0.1, 0.15) is 12.3 Å². The Morgan fingerprint density at radius 3 is 1.78 bits per heavy atom. The number of hydroxylamine groups is 3. The second kappa shape index (κ2) is 9.27. The van der Waals surface area contributed by atoms with Crippen molar-refractivity contribution in [2.24, 2.45) is 0 Å². The van der Waals surface area contributed by atoms with Crippen molar-refractivity contribution in [3.8, 4) is 16.9 Å². The van der Waals surface area contributed by atoms with E-state index < -0.39 is 0 Å². The van der Waals surface area contributed by atoms with E-state index in [4.69, 9.17) is 4.74 Å². The Morgan fingerprint density at radius 1 is 0.870 bits per heavy atom. The van der Waals surface area contributed by atoms with E-state index in [0.29, 0.717) is 6.54 Å². The molecule has 2 aromatic carbocycles. The number of nitrogens with zero attached hydrogens (tertiary/aromatic N) is 1. The maximum atomic E-state index is 11.7. The number of hydrogen-bond donors (Lipinski definition) is 0. The van der Waals surface area contributed by atoms with E-state index in [2.05, 4.69) is 31.2 Å². The molecule has 0 aliphatic rings. The van der Waals surface area contributed by atoms with Gasteiger partial charge < -0.3 is 25.5 Å². The van der Waals surface area contributed by atoms with Gasteiger partial charge >= 0.3 is 0 Å². The van der Waals surface area contributed by atoms with Crippen molar-refractivity contribution in [1.82, 2.24) is 0 Å². The third-order valence-electron chi connectivity index (χ3n) is 3.18. The van der Waals surface area contributed by atoms with Crippen LogP contribution in [0.5, 0.6) is 5.75 Å². The fraction of sp³-hybridized carbons (Fsp3) is 0.333. The van der Waals surface area contributed by atoms with E-state index in [1.807, 2.05) is 24.3 Å². The highest BCUT2D eigenvalue weighted by Gasteiger charge is 2.05. The summed E-state index contributed by atoms with van der Waals surface area (Å²) in [5.41, 5.74) is 3.36. The van der Waals surface area contributed by atoms with Crippen LogP contribution < -0.4 is 4.74 Å². The van der Waals surface area contributed by atoms with Gasteiger partial charge in [-0.15, -0.1) is 0 Å². The second-order valence-electron chi connectivity index (χ2n) is 5.80. The smallest absolute Gasteiger partial charge is 0.119 e. The van der Waals surface area contributed by atoms with Crippen LogP contribution in [0.3, 0.4) is 0 Å². The highest BCUT2D eigenvalue weighted by Crippen LogP contribution is 2.23. The molecule has 2 aromatic rings. The Morgan fingerprint density at radius 2 is 1.35 bits per heavy atom. The fourth-order valence-electron chi connectivity index (χ4n) is 2.21. The summed E-state index contributed by atoms with van der Waals surface area (Å²) < 4.78 is 5.28. The predicted octanol–water partition coefficient (Wildman–Crippen LogP) is 2.57. The minimum atomic E-state index is -0.303. The first-order chi connectivity index (χ1) is 9.98. The Bertz CT molecular complexity index is 559. The molecule has 5 heteroatoms. The van der Waals surface area contributed by atoms with Gasteiger partial charge in [0.2, 0.25) is 0 Å². The quantitative estimate of drug-likeness (QED) is 0.604. The molecule has 0 aromatic heterocycles. The third-order valence-corrected chi connectivity index (χ3v) is 3.18. The number of benzene rings is 2. The summed E-state index contributed by atoms with van der Waals surface area (Å²) in [7, 11) is 3.31. The lowest BCUT2D eigenvalue weighted by atomic mass is 10.0. The largest absolute Gasteiger partial charge is 0.633 e. The Balaban J connectivity index is 0.00000242. The average Bonchev–Trinajstić information content (AvgIpc) is 2.45. The topological polar surface area (TPSA) is 95.3 Å². The zero-order valence-electron chi connectivity index (χ0n) is 14.0. The van der Waals surface area contributed by atoms with E-state index in [1.165, 1.54) is 0 Å². The maximum absolute atomic E-state index is 11.7. The lowest BCUT2D eigenvalue weighted by Gasteiger charge is -2.33. The molecule has 4 N–H and O–H groups in total. The zero-order chi connectivity index (χ0) is 15.3. The lowest BCUT2D eigenvalue weighted by molar-refractivity contribution is -0.853. The van der Waals surface area contributed by atoms with Crippen LogP contribution in [0.25, 0.3) is 11.1 Å². The van der Waals surface area contributed by atoms with E-state index in [1.54, 1.807) is 14.1 Å². The SMILES string of the molecule is CCCOc1ccc(-c2ccc(C[N+](C)(C)[O-])cc2)cc1.O.O. The van der Waals surface area contributed by atoms with Gasteiger partial charge in [0.15, 0.2) is 0 Å². The molecule has 0 fully saturated rings. The molecule has 0 bridgehead atoms. The van der Waals surface area contributed by atoms with Gasteiger partial charge in [-0.2, -0.15) is 0 Å². The minimum absolute atomic E-state index is 0. The van der Waals surface area contributed by atoms with Crippen LogP contribution in [0, 0.1) is 5.21 Å². The van der Waals surface area contributed by atoms with Gasteiger partial charge in [0.05, 0.1) is 20.7 Å². The minimum Gasteiger partial charge on any atom is -0.633 e. The normalized spacial score (nSPS) is 10.4. The van der Waals surface area contributed by atoms with Crippen LogP contribution in [0.1, 0.15) is 18.9 Å². The summed E-state index contributed by atoms with van der Waals surface area (Å²) in [5, 5.41) is 11.7. The van der Waals surface area contributed by atoms with Gasteiger partial charge in [0, 0.05) is 5.56 Å². The maximum Gasteiger partial charge on any atom is 0.119 e. The molecule has 0 saturated carbocycles. The van der Waals surface area contributed by atoms with Crippen molar-refractivity contribution >= 4 is 0 Å². The highest BCUT2D eigenvalue weighted by atomic mass is 16.5. The monoisotopic (exact) mass is 321 g/mol. The highest BCUT2D eigenvalue weighted by molar-refractivity contribution is 5.64. The van der Waals surface area contributed by atoms with Gasteiger partial charge in [-0.25, -0.2) is 0 Å². The summed E-state index contributed by atoms with van der Waals surface area (Å²) in [6.45, 7) is 3.33. The molecular weight excluding hydrogens is 294 g/mol. The fourth-order valence-corrected chi connectivity index (χ4v) is 2.21. The number of quaternary nitrogens is 1. The first-order valence-electron chi connectivity index (χ1n) is 7.34. The first kappa shape index (κ1) is 21.1. The number of rotatable bonds is 6. The summed E-state index contributed by atoms with van der Waals surface area (Å²) in [6.07, 6.45) is 1.01. The van der Waals surface area contributed by atoms with Gasteiger partial charge in [-0.1, -0.05) is 43.3 Å². The van der Waals surface area contributed by atoms with Gasteiger partial charge in [0.25, 0.3) is 0 Å². The van der Waals surface area contributed by atoms with Gasteiger partial charge in [-0.05, 0) is 29.7 Å². The van der Waals surface area contributed by atoms with E-state index >= 15 is 0 Å². The van der Waals surface area contributed by atoms with E-state index in [0.717, 1.165) is 35.5 Å². The molecule has 0 spiro atoms. The van der Waals surface area contributed by atoms with E-state index in [9.17, 15) is 5.21 Å². The van der Waals surface area contributed by atoms with Crippen molar-refractivity contribution < 1.29 is 20.3 Å². The Hall–Kier alpha value is -1.92. The first-order valence-corrected chi connectivity index (χ1v) is 7.34. The van der Waals surface area contributed by atoms with Crippen LogP contribution in [0.2, 0.25) is 0 Å². The second-order valence-corrected chi connectivity index (χ2v) is 5.80. The molecule has 0 heterocycles. The van der Waals surface area contributed by atoms with Crippen molar-refractivity contribution in [2.75, 3.05) is 20.7 Å². The molecule has 23 heavy (non-hydrogen) atoms. The molecule has 5 nitrogen and oxygen atoms in total. The number of hydrogen-bond acceptors (Lipinski definition) is 2. The lowest BCUT2D eigenvalue weighted by Crippen LogP contribution is -2.30. The summed E-state index contributed by atoms with van der Waals surface area (Å²) in [5.74, 6) is 0.905. The molecule has 0 aliphatic heterocycles. The zero-order valence-corrected chi connectivity index (χ0v) is 14.0. The van der Waals surface area contributed by atoms with Crippen molar-refractivity contribution in [3.63, 3.8) is 0 Å². The molecule has 0 saturated heterocycles. The van der Waals surface area contributed by atoms with Gasteiger partial charge in [-0.3, -0.25) is 0 Å². The molecular formula is C18H27NO4. The summed E-state index contributed by atoms with van der Waals surface area (Å²) >= 11 is 0. The third kappa shape index (κ3) is 6.80. The van der Waals surface area contributed by atoms with Crippen LogP contribution in [-0.2, 0) is 6.54 Å². The molecule has 2 rings (SSSR count). The average molecular weight is 321 g/mol. The van der Waals surface area contributed by atoms with Crippen molar-refractivity contribution in [3.05, 3.63) is 59.3 Å². The summed E-state index contributed by atoms with van der Waals surface area (Å²) in [6, 6.07) is 16.3. The van der Waals surface area contributed by atoms with Crippen molar-refractivity contribution in [1.29, 1.82) is 0 Å². The molecule has 0 radical (unpaired) electrons. The molecule has 0 atom stereocenters. The molecule has 0 unspecified atom stereocenters.